The van der Waals surface area contributed by atoms with Gasteiger partial charge in [-0.1, -0.05) is 0 Å². The van der Waals surface area contributed by atoms with Crippen molar-refractivity contribution in [1.82, 2.24) is 0 Å². The highest BCUT2D eigenvalue weighted by atomic mass is 79.9. The lowest BCUT2D eigenvalue weighted by Crippen LogP contribution is -1.98. The number of nitriles is 2. The fraction of sp³-hybridized carbons (Fsp3) is 0.182. The van der Waals surface area contributed by atoms with Crippen molar-refractivity contribution in [3.05, 3.63) is 16.6 Å². The van der Waals surface area contributed by atoms with Gasteiger partial charge in [0.05, 0.1) is 19.9 Å². The van der Waals surface area contributed by atoms with Crippen LogP contribution in [-0.4, -0.2) is 19.9 Å². The number of benzene rings is 1. The number of anilines is 1. The van der Waals surface area contributed by atoms with Crippen molar-refractivity contribution in [2.75, 3.05) is 19.6 Å². The zero-order valence-electron chi connectivity index (χ0n) is 9.69. The van der Waals surface area contributed by atoms with Crippen LogP contribution in [0.1, 0.15) is 0 Å². The highest BCUT2D eigenvalue weighted by Crippen LogP contribution is 2.36. The monoisotopic (exact) mass is 308 g/mol. The summed E-state index contributed by atoms with van der Waals surface area (Å²) in [5.74, 6) is 1.06. The van der Waals surface area contributed by atoms with Crippen molar-refractivity contribution < 1.29 is 9.47 Å². The Morgan fingerprint density at radius 1 is 1.22 bits per heavy atom. The molecular formula is C11H9BrN4O2. The molecule has 0 aromatic heterocycles. The van der Waals surface area contributed by atoms with Gasteiger partial charge in [-0.05, 0) is 15.9 Å². The first-order valence-corrected chi connectivity index (χ1v) is 5.51. The molecule has 0 heterocycles. The number of halogens is 1. The molecule has 0 saturated carbocycles. The maximum atomic E-state index is 8.56. The number of hydrogen-bond acceptors (Lipinski definition) is 6. The molecule has 0 amide bonds. The Morgan fingerprint density at radius 3 is 2.28 bits per heavy atom. The molecule has 1 rings (SSSR count). The van der Waals surface area contributed by atoms with Crippen LogP contribution in [0, 0.1) is 22.7 Å². The Kier molecular flexibility index (Phi) is 4.97. The number of rotatable bonds is 4. The number of hydrogen-bond donors (Lipinski definition) is 1. The summed E-state index contributed by atoms with van der Waals surface area (Å²) in [6.07, 6.45) is 0. The first-order valence-electron chi connectivity index (χ1n) is 4.71. The van der Waals surface area contributed by atoms with E-state index in [0.717, 1.165) is 0 Å². The first kappa shape index (κ1) is 13.8. The molecule has 92 valence electrons. The highest BCUT2D eigenvalue weighted by molar-refractivity contribution is 9.10. The van der Waals surface area contributed by atoms with Crippen molar-refractivity contribution in [2.45, 2.75) is 0 Å². The van der Waals surface area contributed by atoms with Crippen LogP contribution in [0.4, 0.5) is 5.69 Å². The topological polar surface area (TPSA) is 90.4 Å². The number of ether oxygens (including phenoxy) is 2. The third kappa shape index (κ3) is 3.12. The lowest BCUT2D eigenvalue weighted by Gasteiger charge is -2.11. The number of methoxy groups -OCH3 is 2. The minimum absolute atomic E-state index is 0.267. The predicted octanol–water partition coefficient (Wildman–Crippen LogP) is 2.28. The van der Waals surface area contributed by atoms with Gasteiger partial charge in [-0.2, -0.15) is 15.6 Å². The van der Waals surface area contributed by atoms with E-state index in [1.165, 1.54) is 14.2 Å². The molecule has 0 bridgehead atoms. The Labute approximate surface area is 113 Å². The van der Waals surface area contributed by atoms with Crippen LogP contribution >= 0.6 is 15.9 Å². The summed E-state index contributed by atoms with van der Waals surface area (Å²) < 4.78 is 10.9. The second-order valence-electron chi connectivity index (χ2n) is 2.98. The Balaban J connectivity index is 3.09. The third-order valence-corrected chi connectivity index (χ3v) is 2.63. The summed E-state index contributed by atoms with van der Waals surface area (Å²) in [6.45, 7) is 0. The molecule has 7 heteroatoms. The van der Waals surface area contributed by atoms with E-state index in [0.29, 0.717) is 21.7 Å². The van der Waals surface area contributed by atoms with E-state index in [1.54, 1.807) is 24.3 Å². The summed E-state index contributed by atoms with van der Waals surface area (Å²) in [4.78, 5) is 0. The lowest BCUT2D eigenvalue weighted by molar-refractivity contribution is 0.355. The van der Waals surface area contributed by atoms with Gasteiger partial charge in [0, 0.05) is 16.6 Å². The molecule has 0 aliphatic heterocycles. The average Bonchev–Trinajstić information content (AvgIpc) is 2.40. The molecule has 0 aliphatic carbocycles. The van der Waals surface area contributed by atoms with Crippen LogP contribution in [0.2, 0.25) is 0 Å². The molecule has 0 radical (unpaired) electrons. The van der Waals surface area contributed by atoms with Gasteiger partial charge in [0.1, 0.15) is 12.1 Å². The fourth-order valence-electron chi connectivity index (χ4n) is 1.13. The molecule has 0 saturated heterocycles. The summed E-state index contributed by atoms with van der Waals surface area (Å²) in [5, 5.41) is 20.8. The van der Waals surface area contributed by atoms with Gasteiger partial charge in [0.2, 0.25) is 5.71 Å². The number of nitrogens with one attached hydrogen (secondary N) is 1. The van der Waals surface area contributed by atoms with Gasteiger partial charge in [-0.25, -0.2) is 0 Å². The van der Waals surface area contributed by atoms with Crippen molar-refractivity contribution in [3.8, 4) is 23.6 Å². The molecule has 0 unspecified atom stereocenters. The molecule has 1 aromatic carbocycles. The van der Waals surface area contributed by atoms with E-state index in [2.05, 4.69) is 26.5 Å². The van der Waals surface area contributed by atoms with Crippen LogP contribution in [0.25, 0.3) is 0 Å². The second kappa shape index (κ2) is 6.48. The van der Waals surface area contributed by atoms with Crippen molar-refractivity contribution in [1.29, 1.82) is 10.5 Å². The smallest absolute Gasteiger partial charge is 0.237 e. The standard InChI is InChI=1S/C11H9BrN4O2/c1-17-10-3-8(12)9(4-11(10)18-2)16-15-7(5-13)6-14/h3-4,16H,1-2H3. The molecular weight excluding hydrogens is 300 g/mol. The first-order chi connectivity index (χ1) is 8.65. The van der Waals surface area contributed by atoms with E-state index in [9.17, 15) is 0 Å². The summed E-state index contributed by atoms with van der Waals surface area (Å²) in [6, 6.07) is 6.62. The fourth-order valence-corrected chi connectivity index (χ4v) is 1.54. The van der Waals surface area contributed by atoms with Crippen LogP contribution in [0.3, 0.4) is 0 Å². The van der Waals surface area contributed by atoms with E-state index in [-0.39, 0.29) is 5.71 Å². The van der Waals surface area contributed by atoms with Crippen LogP contribution in [0.15, 0.2) is 21.7 Å². The van der Waals surface area contributed by atoms with Crippen LogP contribution in [-0.2, 0) is 0 Å². The van der Waals surface area contributed by atoms with Crippen LogP contribution in [0.5, 0.6) is 11.5 Å². The lowest BCUT2D eigenvalue weighted by atomic mass is 10.3. The van der Waals surface area contributed by atoms with E-state index < -0.39 is 0 Å². The summed E-state index contributed by atoms with van der Waals surface area (Å²) >= 11 is 3.31. The molecule has 0 spiro atoms. The van der Waals surface area contributed by atoms with E-state index in [4.69, 9.17) is 20.0 Å². The maximum Gasteiger partial charge on any atom is 0.237 e. The largest absolute Gasteiger partial charge is 0.493 e. The van der Waals surface area contributed by atoms with Gasteiger partial charge >= 0.3 is 0 Å². The SMILES string of the molecule is COc1cc(Br)c(NN=C(C#N)C#N)cc1OC. The predicted molar refractivity (Wildman–Crippen MR) is 69.5 cm³/mol. The van der Waals surface area contributed by atoms with E-state index >= 15 is 0 Å². The van der Waals surface area contributed by atoms with Crippen molar-refractivity contribution in [3.63, 3.8) is 0 Å². The Morgan fingerprint density at radius 2 is 1.78 bits per heavy atom. The summed E-state index contributed by atoms with van der Waals surface area (Å²) in [7, 11) is 3.04. The minimum Gasteiger partial charge on any atom is -0.493 e. The normalized spacial score (nSPS) is 8.72. The molecule has 0 fully saturated rings. The Hall–Kier alpha value is -2.25. The number of nitrogens with zero attached hydrogens (tertiary/aromatic N) is 3. The Bertz CT molecular complexity index is 541. The number of hydrazone groups is 1. The summed E-state index contributed by atoms with van der Waals surface area (Å²) in [5.41, 5.74) is 2.89. The highest BCUT2D eigenvalue weighted by Gasteiger charge is 2.09. The molecule has 18 heavy (non-hydrogen) atoms. The van der Waals surface area contributed by atoms with Gasteiger partial charge in [0.25, 0.3) is 0 Å². The van der Waals surface area contributed by atoms with Gasteiger partial charge in [-0.15, -0.1) is 0 Å². The van der Waals surface area contributed by atoms with Crippen molar-refractivity contribution in [2.24, 2.45) is 5.10 Å². The quantitative estimate of drug-likeness (QED) is 0.680. The van der Waals surface area contributed by atoms with Gasteiger partial charge in [0.15, 0.2) is 11.5 Å². The van der Waals surface area contributed by atoms with Gasteiger partial charge < -0.3 is 9.47 Å². The third-order valence-electron chi connectivity index (χ3n) is 1.97. The van der Waals surface area contributed by atoms with Crippen molar-refractivity contribution >= 4 is 27.3 Å². The minimum atomic E-state index is -0.267. The molecule has 0 aliphatic rings. The van der Waals surface area contributed by atoms with E-state index in [1.807, 2.05) is 0 Å². The average molecular weight is 309 g/mol. The molecule has 1 N–H and O–H groups in total. The molecule has 0 atom stereocenters. The second-order valence-corrected chi connectivity index (χ2v) is 3.84. The van der Waals surface area contributed by atoms with Gasteiger partial charge in [-0.3, -0.25) is 5.43 Å². The molecule has 6 nitrogen and oxygen atoms in total. The maximum absolute atomic E-state index is 8.56. The van der Waals surface area contributed by atoms with Crippen LogP contribution < -0.4 is 14.9 Å². The zero-order valence-corrected chi connectivity index (χ0v) is 11.3. The molecule has 1 aromatic rings. The zero-order chi connectivity index (χ0) is 13.5.